The summed E-state index contributed by atoms with van der Waals surface area (Å²) in [6.45, 7) is 7.30. The van der Waals surface area contributed by atoms with E-state index in [1.807, 2.05) is 60.7 Å². The Bertz CT molecular complexity index is 1500. The Hall–Kier alpha value is -4.40. The molecule has 1 N–H and O–H groups in total. The minimum atomic E-state index is -0.655. The molecule has 4 aromatic rings. The molecule has 0 unspecified atom stereocenters. The number of aromatic nitrogens is 3. The van der Waals surface area contributed by atoms with Crippen molar-refractivity contribution in [2.75, 3.05) is 0 Å². The van der Waals surface area contributed by atoms with Crippen LogP contribution in [0.5, 0.6) is 0 Å². The number of carbonyl (C=O) groups excluding carboxylic acids is 1. The van der Waals surface area contributed by atoms with Crippen molar-refractivity contribution in [3.8, 4) is 0 Å². The number of nitrogens with zero attached hydrogens (tertiary/aromatic N) is 3. The molecular weight excluding hydrogens is 484 g/mol. The van der Waals surface area contributed by atoms with Gasteiger partial charge in [0.15, 0.2) is 5.76 Å². The summed E-state index contributed by atoms with van der Waals surface area (Å²) in [5.74, 6) is 0.412. The van der Waals surface area contributed by atoms with E-state index >= 15 is 0 Å². The van der Waals surface area contributed by atoms with E-state index in [1.165, 1.54) is 15.3 Å². The molecule has 0 fully saturated rings. The average Bonchev–Trinajstić information content (AvgIpc) is 3.33. The van der Waals surface area contributed by atoms with Crippen LogP contribution in [0.15, 0.2) is 87.0 Å². The fourth-order valence-corrected chi connectivity index (χ4v) is 4.08. The zero-order chi connectivity index (χ0) is 27.3. The predicted molar refractivity (Wildman–Crippen MR) is 143 cm³/mol. The molecule has 0 spiro atoms. The fourth-order valence-electron chi connectivity index (χ4n) is 4.08. The Morgan fingerprint density at radius 2 is 1.63 bits per heavy atom. The maximum absolute atomic E-state index is 13.2. The topological polar surface area (TPSA) is 108 Å². The molecule has 2 aromatic carbocycles. The minimum absolute atomic E-state index is 0.0756. The number of benzene rings is 2. The monoisotopic (exact) mass is 516 g/mol. The van der Waals surface area contributed by atoms with Crippen LogP contribution in [0.4, 0.5) is 4.79 Å². The summed E-state index contributed by atoms with van der Waals surface area (Å²) in [5.41, 5.74) is 1.35. The molecule has 1 amide bonds. The molecule has 0 bridgehead atoms. The SMILES string of the molecule is Cc1cn(Cc2cc([C@H](Cc3ccccc3)NC(=O)OC(C)(C)C)no2)c(=O)n(Cc2ccccc2)c1=O. The van der Waals surface area contributed by atoms with Crippen LogP contribution < -0.4 is 16.6 Å². The van der Waals surface area contributed by atoms with Gasteiger partial charge in [0.2, 0.25) is 0 Å². The van der Waals surface area contributed by atoms with Crippen molar-refractivity contribution >= 4 is 6.09 Å². The molecule has 2 aromatic heterocycles. The number of carbonyl (C=O) groups is 1. The Labute approximate surface area is 220 Å². The maximum Gasteiger partial charge on any atom is 0.408 e. The van der Waals surface area contributed by atoms with Crippen LogP contribution in [0.25, 0.3) is 0 Å². The molecular formula is C29H32N4O5. The Kier molecular flexibility index (Phi) is 7.95. The lowest BCUT2D eigenvalue weighted by molar-refractivity contribution is 0.0501. The predicted octanol–water partition coefficient (Wildman–Crippen LogP) is 4.21. The molecule has 9 heteroatoms. The van der Waals surface area contributed by atoms with E-state index in [0.717, 1.165) is 11.1 Å². The molecule has 0 aliphatic heterocycles. The van der Waals surface area contributed by atoms with Crippen molar-refractivity contribution in [3.63, 3.8) is 0 Å². The summed E-state index contributed by atoms with van der Waals surface area (Å²) in [6.07, 6.45) is 1.42. The highest BCUT2D eigenvalue weighted by molar-refractivity contribution is 5.68. The highest BCUT2D eigenvalue weighted by Gasteiger charge is 2.24. The summed E-state index contributed by atoms with van der Waals surface area (Å²) in [5, 5.41) is 7.07. The first-order chi connectivity index (χ1) is 18.1. The van der Waals surface area contributed by atoms with Gasteiger partial charge in [0, 0.05) is 17.8 Å². The molecule has 9 nitrogen and oxygen atoms in total. The second-order valence-electron chi connectivity index (χ2n) is 10.2. The summed E-state index contributed by atoms with van der Waals surface area (Å²) >= 11 is 0. The lowest BCUT2D eigenvalue weighted by Gasteiger charge is -2.22. The summed E-state index contributed by atoms with van der Waals surface area (Å²) in [7, 11) is 0. The molecule has 0 saturated heterocycles. The molecule has 2 heterocycles. The first-order valence-corrected chi connectivity index (χ1v) is 12.4. The molecule has 0 saturated carbocycles. The average molecular weight is 517 g/mol. The summed E-state index contributed by atoms with van der Waals surface area (Å²) in [6, 6.07) is 20.2. The van der Waals surface area contributed by atoms with E-state index in [9.17, 15) is 14.4 Å². The first-order valence-electron chi connectivity index (χ1n) is 12.4. The van der Waals surface area contributed by atoms with Gasteiger partial charge in [-0.3, -0.25) is 13.9 Å². The van der Waals surface area contributed by atoms with Crippen molar-refractivity contribution in [2.24, 2.45) is 0 Å². The quantitative estimate of drug-likeness (QED) is 0.376. The first kappa shape index (κ1) is 26.7. The van der Waals surface area contributed by atoms with Crippen molar-refractivity contribution in [1.29, 1.82) is 0 Å². The van der Waals surface area contributed by atoms with Crippen LogP contribution >= 0.6 is 0 Å². The molecule has 1 atom stereocenters. The van der Waals surface area contributed by atoms with Crippen molar-refractivity contribution in [1.82, 2.24) is 19.6 Å². The number of aryl methyl sites for hydroxylation is 1. The number of rotatable bonds is 8. The number of nitrogens with one attached hydrogen (secondary N) is 1. The summed E-state index contributed by atoms with van der Waals surface area (Å²) < 4.78 is 13.7. The molecule has 198 valence electrons. The van der Waals surface area contributed by atoms with Gasteiger partial charge in [-0.05, 0) is 45.2 Å². The van der Waals surface area contributed by atoms with Gasteiger partial charge in [0.05, 0.1) is 19.1 Å². The van der Waals surface area contributed by atoms with E-state index in [1.54, 1.807) is 33.8 Å². The Morgan fingerprint density at radius 3 is 2.26 bits per heavy atom. The van der Waals surface area contributed by atoms with Crippen molar-refractivity contribution in [2.45, 2.75) is 58.8 Å². The van der Waals surface area contributed by atoms with Gasteiger partial charge in [-0.2, -0.15) is 0 Å². The maximum atomic E-state index is 13.2. The van der Waals surface area contributed by atoms with Gasteiger partial charge in [0.1, 0.15) is 11.3 Å². The highest BCUT2D eigenvalue weighted by atomic mass is 16.6. The second kappa shape index (κ2) is 11.3. The third-order valence-electron chi connectivity index (χ3n) is 5.83. The largest absolute Gasteiger partial charge is 0.444 e. The van der Waals surface area contributed by atoms with E-state index in [-0.39, 0.29) is 18.6 Å². The number of ether oxygens (including phenoxy) is 1. The van der Waals surface area contributed by atoms with Gasteiger partial charge < -0.3 is 14.6 Å². The van der Waals surface area contributed by atoms with Gasteiger partial charge in [0.25, 0.3) is 5.56 Å². The number of alkyl carbamates (subject to hydrolysis) is 1. The molecule has 0 radical (unpaired) electrons. The normalized spacial score (nSPS) is 12.2. The highest BCUT2D eigenvalue weighted by Crippen LogP contribution is 2.20. The van der Waals surface area contributed by atoms with Crippen molar-refractivity contribution < 1.29 is 14.1 Å². The van der Waals surface area contributed by atoms with E-state index < -0.39 is 23.4 Å². The lowest BCUT2D eigenvalue weighted by Crippen LogP contribution is -2.41. The van der Waals surface area contributed by atoms with Crippen molar-refractivity contribution in [3.05, 3.63) is 122 Å². The Balaban J connectivity index is 1.59. The zero-order valence-electron chi connectivity index (χ0n) is 22.0. The third kappa shape index (κ3) is 6.88. The lowest BCUT2D eigenvalue weighted by atomic mass is 10.0. The summed E-state index contributed by atoms with van der Waals surface area (Å²) in [4.78, 5) is 38.5. The van der Waals surface area contributed by atoms with Crippen LogP contribution in [0, 0.1) is 6.92 Å². The third-order valence-corrected chi connectivity index (χ3v) is 5.83. The van der Waals surface area contributed by atoms with Crippen LogP contribution in [0.3, 0.4) is 0 Å². The van der Waals surface area contributed by atoms with Crippen LogP contribution in [-0.4, -0.2) is 26.0 Å². The minimum Gasteiger partial charge on any atom is -0.444 e. The van der Waals surface area contributed by atoms with Gasteiger partial charge in [-0.15, -0.1) is 0 Å². The van der Waals surface area contributed by atoms with E-state index in [2.05, 4.69) is 10.5 Å². The standard InChI is InChI=1S/C29H32N4O5/c1-20-17-32(28(36)33(26(20)34)18-22-13-9-6-10-14-22)19-23-16-25(31-38-23)24(15-21-11-7-5-8-12-21)30-27(35)37-29(2,3)4/h5-14,16-17,24H,15,18-19H2,1-4H3,(H,30,35)/t24-/m0/s1. The molecule has 0 aliphatic rings. The van der Waals surface area contributed by atoms with Gasteiger partial charge in [-0.1, -0.05) is 65.8 Å². The number of hydrogen-bond acceptors (Lipinski definition) is 6. The molecule has 4 rings (SSSR count). The van der Waals surface area contributed by atoms with E-state index in [4.69, 9.17) is 9.26 Å². The van der Waals surface area contributed by atoms with Crippen LogP contribution in [-0.2, 0) is 24.2 Å². The zero-order valence-corrected chi connectivity index (χ0v) is 22.0. The smallest absolute Gasteiger partial charge is 0.408 e. The molecule has 0 aliphatic carbocycles. The number of amides is 1. The van der Waals surface area contributed by atoms with Gasteiger partial charge >= 0.3 is 11.8 Å². The van der Waals surface area contributed by atoms with E-state index in [0.29, 0.717) is 23.4 Å². The molecule has 38 heavy (non-hydrogen) atoms. The Morgan fingerprint density at radius 1 is 1.00 bits per heavy atom. The van der Waals surface area contributed by atoms with Crippen LogP contribution in [0.1, 0.15) is 55.0 Å². The van der Waals surface area contributed by atoms with Gasteiger partial charge in [-0.25, -0.2) is 9.59 Å². The fraction of sp³-hybridized carbons (Fsp3) is 0.310. The van der Waals surface area contributed by atoms with Crippen LogP contribution in [0.2, 0.25) is 0 Å². The second-order valence-corrected chi connectivity index (χ2v) is 10.2. The number of hydrogen-bond donors (Lipinski definition) is 1.